The summed E-state index contributed by atoms with van der Waals surface area (Å²) in [5, 5.41) is 0.463. The maximum absolute atomic E-state index is 12.6. The average molecular weight is 425 g/mol. The fraction of sp³-hybridized carbons (Fsp3) is 0.579. The van der Waals surface area contributed by atoms with Crippen LogP contribution in [0.3, 0.4) is 0 Å². The minimum Gasteiger partial charge on any atom is -0.486 e. The standard InChI is InChI=1S/C19H24N2O5S2/c1-3-12(4-2)18(22)20-19-21(14-10-28(23,24)11-17(14)27-19)13-5-6-15-16(9-13)26-8-7-25-15/h5-6,9,12,14,17H,3-4,7-8,10-11H2,1-2H3. The number of hydrogen-bond acceptors (Lipinski definition) is 6. The van der Waals surface area contributed by atoms with Gasteiger partial charge in [-0.3, -0.25) is 4.79 Å². The fourth-order valence-electron chi connectivity index (χ4n) is 3.87. The minimum atomic E-state index is -3.10. The average Bonchev–Trinajstić information content (AvgIpc) is 3.13. The van der Waals surface area contributed by atoms with Gasteiger partial charge in [-0.2, -0.15) is 4.99 Å². The van der Waals surface area contributed by atoms with E-state index in [9.17, 15) is 13.2 Å². The van der Waals surface area contributed by atoms with Crippen molar-refractivity contribution in [2.24, 2.45) is 10.9 Å². The first kappa shape index (κ1) is 19.6. The Kier molecular flexibility index (Phi) is 5.30. The van der Waals surface area contributed by atoms with E-state index in [0.29, 0.717) is 29.9 Å². The predicted molar refractivity (Wildman–Crippen MR) is 110 cm³/mol. The van der Waals surface area contributed by atoms with Crippen LogP contribution in [0.5, 0.6) is 11.5 Å². The Balaban J connectivity index is 1.72. The number of amidine groups is 1. The molecule has 1 aromatic rings. The second-order valence-electron chi connectivity index (χ2n) is 7.24. The van der Waals surface area contributed by atoms with Crippen LogP contribution in [0.1, 0.15) is 26.7 Å². The van der Waals surface area contributed by atoms with E-state index < -0.39 is 9.84 Å². The van der Waals surface area contributed by atoms with E-state index in [1.54, 1.807) is 0 Å². The van der Waals surface area contributed by atoms with Gasteiger partial charge in [0, 0.05) is 22.9 Å². The van der Waals surface area contributed by atoms with E-state index in [1.807, 2.05) is 36.9 Å². The number of nitrogens with zero attached hydrogens (tertiary/aromatic N) is 2. The molecule has 0 bridgehead atoms. The van der Waals surface area contributed by atoms with Gasteiger partial charge in [-0.1, -0.05) is 25.6 Å². The van der Waals surface area contributed by atoms with Crippen LogP contribution in [0.2, 0.25) is 0 Å². The van der Waals surface area contributed by atoms with Crippen molar-refractivity contribution < 1.29 is 22.7 Å². The number of hydrogen-bond donors (Lipinski definition) is 0. The molecule has 1 amide bonds. The van der Waals surface area contributed by atoms with Crippen LogP contribution in [-0.4, -0.2) is 55.5 Å². The molecular weight excluding hydrogens is 400 g/mol. The van der Waals surface area contributed by atoms with Gasteiger partial charge in [-0.15, -0.1) is 0 Å². The van der Waals surface area contributed by atoms with Crippen LogP contribution in [-0.2, 0) is 14.6 Å². The van der Waals surface area contributed by atoms with E-state index >= 15 is 0 Å². The lowest BCUT2D eigenvalue weighted by atomic mass is 10.0. The van der Waals surface area contributed by atoms with Gasteiger partial charge in [0.05, 0.1) is 17.5 Å². The Morgan fingerprint density at radius 3 is 2.64 bits per heavy atom. The second kappa shape index (κ2) is 7.59. The number of fused-ring (bicyclic) bond motifs is 2. The first-order valence-corrected chi connectivity index (χ1v) is 12.3. The van der Waals surface area contributed by atoms with E-state index in [1.165, 1.54) is 11.8 Å². The number of amides is 1. The van der Waals surface area contributed by atoms with Gasteiger partial charge in [-0.05, 0) is 25.0 Å². The lowest BCUT2D eigenvalue weighted by Gasteiger charge is -2.27. The quantitative estimate of drug-likeness (QED) is 0.734. The zero-order valence-electron chi connectivity index (χ0n) is 16.0. The van der Waals surface area contributed by atoms with Gasteiger partial charge in [0.2, 0.25) is 0 Å². The molecule has 0 spiro atoms. The number of benzene rings is 1. The Bertz CT molecular complexity index is 911. The molecule has 152 valence electrons. The number of anilines is 1. The highest BCUT2D eigenvalue weighted by atomic mass is 32.2. The van der Waals surface area contributed by atoms with Crippen LogP contribution >= 0.6 is 11.8 Å². The molecule has 3 aliphatic rings. The number of ether oxygens (including phenoxy) is 2. The highest BCUT2D eigenvalue weighted by Gasteiger charge is 2.49. The normalized spacial score (nSPS) is 26.7. The Labute approximate surface area is 169 Å². The van der Waals surface area contributed by atoms with Gasteiger partial charge in [-0.25, -0.2) is 8.42 Å². The largest absolute Gasteiger partial charge is 0.486 e. The van der Waals surface area contributed by atoms with Crippen molar-refractivity contribution in [2.45, 2.75) is 38.0 Å². The van der Waals surface area contributed by atoms with Crippen LogP contribution in [0.15, 0.2) is 23.2 Å². The Morgan fingerprint density at radius 2 is 1.93 bits per heavy atom. The molecular formula is C19H24N2O5S2. The summed E-state index contributed by atoms with van der Waals surface area (Å²) >= 11 is 1.39. The molecule has 3 heterocycles. The summed E-state index contributed by atoms with van der Waals surface area (Å²) in [4.78, 5) is 18.9. The van der Waals surface area contributed by atoms with Crippen molar-refractivity contribution in [3.63, 3.8) is 0 Å². The number of thioether (sulfide) groups is 1. The Hall–Kier alpha value is -1.74. The number of carbonyl (C=O) groups is 1. The molecule has 7 nitrogen and oxygen atoms in total. The molecule has 4 rings (SSSR count). The summed E-state index contributed by atoms with van der Waals surface area (Å²) in [5.41, 5.74) is 0.775. The summed E-state index contributed by atoms with van der Waals surface area (Å²) < 4.78 is 35.6. The van der Waals surface area contributed by atoms with E-state index in [-0.39, 0.29) is 34.6 Å². The SMILES string of the molecule is CCC(CC)C(=O)N=C1SC2CS(=O)(=O)CC2N1c1ccc2c(c1)OCCO2. The zero-order valence-corrected chi connectivity index (χ0v) is 17.6. The lowest BCUT2D eigenvalue weighted by Crippen LogP contribution is -2.38. The highest BCUT2D eigenvalue weighted by Crippen LogP contribution is 2.43. The molecule has 0 aromatic heterocycles. The molecule has 0 saturated carbocycles. The Morgan fingerprint density at radius 1 is 1.21 bits per heavy atom. The molecule has 9 heteroatoms. The van der Waals surface area contributed by atoms with Gasteiger partial charge in [0.1, 0.15) is 13.2 Å². The molecule has 3 aliphatic heterocycles. The van der Waals surface area contributed by atoms with Gasteiger partial charge in [0.15, 0.2) is 26.5 Å². The molecule has 0 radical (unpaired) electrons. The number of carbonyl (C=O) groups excluding carboxylic acids is 1. The molecule has 28 heavy (non-hydrogen) atoms. The van der Waals surface area contributed by atoms with Gasteiger partial charge in [0.25, 0.3) is 5.91 Å². The summed E-state index contributed by atoms with van der Waals surface area (Å²) in [6.07, 6.45) is 1.48. The minimum absolute atomic E-state index is 0.0668. The van der Waals surface area contributed by atoms with Gasteiger partial charge >= 0.3 is 0 Å². The van der Waals surface area contributed by atoms with Crippen molar-refractivity contribution in [1.29, 1.82) is 0 Å². The van der Waals surface area contributed by atoms with E-state index in [2.05, 4.69) is 4.99 Å². The first-order chi connectivity index (χ1) is 13.4. The van der Waals surface area contributed by atoms with Crippen LogP contribution in [0.25, 0.3) is 0 Å². The van der Waals surface area contributed by atoms with E-state index in [0.717, 1.165) is 18.5 Å². The third kappa shape index (κ3) is 3.61. The number of rotatable bonds is 4. The zero-order chi connectivity index (χ0) is 19.9. The number of aliphatic imine (C=N–C) groups is 1. The predicted octanol–water partition coefficient (Wildman–Crippen LogP) is 2.50. The molecule has 2 fully saturated rings. The molecule has 0 aliphatic carbocycles. The smallest absolute Gasteiger partial charge is 0.251 e. The second-order valence-corrected chi connectivity index (χ2v) is 10.6. The van der Waals surface area contributed by atoms with Crippen molar-refractivity contribution in [2.75, 3.05) is 29.6 Å². The summed E-state index contributed by atoms with van der Waals surface area (Å²) in [6, 6.07) is 5.31. The maximum Gasteiger partial charge on any atom is 0.251 e. The lowest BCUT2D eigenvalue weighted by molar-refractivity contribution is -0.121. The first-order valence-electron chi connectivity index (χ1n) is 9.60. The van der Waals surface area contributed by atoms with Crippen molar-refractivity contribution in [3.05, 3.63) is 18.2 Å². The molecule has 2 saturated heterocycles. The molecule has 2 unspecified atom stereocenters. The molecule has 2 atom stereocenters. The van der Waals surface area contributed by atoms with Crippen LogP contribution in [0, 0.1) is 5.92 Å². The van der Waals surface area contributed by atoms with Crippen molar-refractivity contribution >= 4 is 38.4 Å². The monoisotopic (exact) mass is 424 g/mol. The molecule has 1 aromatic carbocycles. The third-order valence-electron chi connectivity index (χ3n) is 5.41. The van der Waals surface area contributed by atoms with Crippen molar-refractivity contribution in [1.82, 2.24) is 0 Å². The van der Waals surface area contributed by atoms with Gasteiger partial charge < -0.3 is 14.4 Å². The highest BCUT2D eigenvalue weighted by molar-refractivity contribution is 8.16. The van der Waals surface area contributed by atoms with Crippen molar-refractivity contribution in [3.8, 4) is 11.5 Å². The van der Waals surface area contributed by atoms with Crippen LogP contribution < -0.4 is 14.4 Å². The van der Waals surface area contributed by atoms with Crippen LogP contribution in [0.4, 0.5) is 5.69 Å². The molecule has 0 N–H and O–H groups in total. The third-order valence-corrected chi connectivity index (χ3v) is 8.62. The van der Waals surface area contributed by atoms with E-state index in [4.69, 9.17) is 9.47 Å². The maximum atomic E-state index is 12.6. The summed E-state index contributed by atoms with van der Waals surface area (Å²) in [7, 11) is -3.10. The summed E-state index contributed by atoms with van der Waals surface area (Å²) in [5.74, 6) is 1.23. The topological polar surface area (TPSA) is 85.3 Å². The fourth-order valence-corrected chi connectivity index (χ4v) is 7.79. The summed E-state index contributed by atoms with van der Waals surface area (Å²) in [6.45, 7) is 4.94. The number of sulfone groups is 1.